The number of nitrogens with one attached hydrogen (secondary N) is 9. The first kappa shape index (κ1) is 103. The molecule has 2 heterocycles. The molecular weight excluding hydrogens is 1620 g/mol. The minimum absolute atomic E-state index is 0.0104. The Morgan fingerprint density at radius 3 is 1.23 bits per heavy atom. The summed E-state index contributed by atoms with van der Waals surface area (Å²) >= 11 is 0. The van der Waals surface area contributed by atoms with Crippen LogP contribution >= 0.6 is 21.6 Å². The number of aliphatic hydroxyl groups excluding tert-OH is 15. The number of aromatic nitrogens is 4. The van der Waals surface area contributed by atoms with E-state index in [2.05, 4.69) is 62.5 Å². The summed E-state index contributed by atoms with van der Waals surface area (Å²) in [5.74, 6) is -23.8. The minimum Gasteiger partial charge on any atom is -0.481 e. The number of hydrogen-bond acceptors (Lipinski definition) is 37. The molecule has 7 amide bonds. The van der Waals surface area contributed by atoms with Crippen molar-refractivity contribution in [2.75, 3.05) is 62.5 Å². The van der Waals surface area contributed by atoms with E-state index in [0.29, 0.717) is 11.4 Å². The number of benzene rings is 1. The first-order valence-corrected chi connectivity index (χ1v) is 39.3. The molecule has 47 nitrogen and oxygen atoms in total. The third-order valence-electron chi connectivity index (χ3n) is 18.2. The maximum Gasteiger partial charge on any atom is 0.327 e. The molecule has 0 saturated carbocycles. The van der Waals surface area contributed by atoms with Gasteiger partial charge in [-0.05, 0) is 69.0 Å². The second-order valence-electron chi connectivity index (χ2n) is 27.3. The van der Waals surface area contributed by atoms with Crippen LogP contribution in [-0.4, -0.2) is 348 Å². The van der Waals surface area contributed by atoms with Gasteiger partial charge in [-0.15, -0.1) is 0 Å². The number of ketones is 3. The van der Waals surface area contributed by atoms with Crippen molar-refractivity contribution in [3.63, 3.8) is 0 Å². The number of amides is 7. The molecule has 0 fully saturated rings. The fraction of sp³-hybridized carbons (Fsp3) is 0.623. The van der Waals surface area contributed by atoms with Gasteiger partial charge in [-0.3, -0.25) is 67.3 Å². The maximum atomic E-state index is 14.8. The number of Topliss-reactive ketones (excluding diaryl/α,β-unsaturated/α-hetero) is 3. The van der Waals surface area contributed by atoms with Crippen molar-refractivity contribution in [2.45, 2.75) is 200 Å². The van der Waals surface area contributed by atoms with Crippen molar-refractivity contribution < 1.29 is 164 Å². The Hall–Kier alpha value is -9.68. The fourth-order valence-electron chi connectivity index (χ4n) is 11.1. The van der Waals surface area contributed by atoms with Crippen LogP contribution in [0.3, 0.4) is 0 Å². The zero-order valence-electron chi connectivity index (χ0n) is 63.5. The number of carbonyl (C=O) groups excluding carboxylic acids is 10. The lowest BCUT2D eigenvalue weighted by Gasteiger charge is -2.26. The summed E-state index contributed by atoms with van der Waals surface area (Å²) in [6.07, 6.45) is -34.8. The standard InChI is InChI=1S/C69H103N13O34S2/c1-117-118-29-40(68(115)116)80-65(111)33(6-15-51(97)74-25-45(91)57(104)60(107)48(94)28-85)20-42(88)38(12-17-53(100)101)78-64(110)32(5-14-50(96)73-24-44(90)56(103)59(106)47(93)27-84)19-41(87)37(11-16-52(98)99)77-63(109)31(4-13-49(95)72-23-43(89)55(102)58(105)46(92)26-83)18-36(86)9-10-39(67(113)114)79-62(108)30-2-7-34(8-3-30)71-21-35-22-75-61-54(76-35)66(112)82-69(70)81-61/h2-3,7-8,22,31-33,37-40,43-48,55-60,71,83-85,89-94,102-107H,4-6,9-21,23-29H2,1H3,(H,72,95)(H,73,96)(H,74,97)(H,77,109)(H,78,110)(H,79,108)(H,80,111)(H,98,99)(H,100,101)(H,113,114)(H,115,116)(H3,70,75,81,82,112)/t31-,32-,33-,37+,38+,39+,40+,43-,44-,45-,46+,47+,48+,55+,56+,57+,58+,59+,60+/m0/s1. The molecule has 30 N–H and O–H groups in total. The Balaban J connectivity index is 2.07. The normalized spacial score (nSPS) is 16.3. The first-order chi connectivity index (χ1) is 55.5. The summed E-state index contributed by atoms with van der Waals surface area (Å²) in [5, 5.41) is 208. The number of aliphatic hydroxyl groups is 15. The van der Waals surface area contributed by atoms with Crippen LogP contribution in [0.15, 0.2) is 35.3 Å². The number of carboxylic acids is 4. The smallest absolute Gasteiger partial charge is 0.327 e. The van der Waals surface area contributed by atoms with E-state index in [1.54, 1.807) is 6.26 Å². The minimum atomic E-state index is -2.22. The largest absolute Gasteiger partial charge is 0.481 e. The van der Waals surface area contributed by atoms with Crippen LogP contribution in [0.1, 0.15) is 112 Å². The third kappa shape index (κ3) is 35.9. The predicted octanol–water partition coefficient (Wildman–Crippen LogP) is -10.1. The van der Waals surface area contributed by atoms with Crippen LogP contribution < -0.4 is 53.8 Å². The van der Waals surface area contributed by atoms with Crippen molar-refractivity contribution >= 4 is 127 Å². The molecule has 0 aliphatic heterocycles. The van der Waals surface area contributed by atoms with Crippen molar-refractivity contribution in [3.8, 4) is 0 Å². The summed E-state index contributed by atoms with van der Waals surface area (Å²) in [4.78, 5) is 216. The van der Waals surface area contributed by atoms with Gasteiger partial charge in [-0.25, -0.2) is 19.6 Å². The van der Waals surface area contributed by atoms with Crippen molar-refractivity contribution in [3.05, 3.63) is 52.1 Å². The molecule has 118 heavy (non-hydrogen) atoms. The Morgan fingerprint density at radius 2 is 0.847 bits per heavy atom. The average molecular weight is 1720 g/mol. The molecule has 660 valence electrons. The van der Waals surface area contributed by atoms with Gasteiger partial charge in [-0.1, -0.05) is 21.6 Å². The van der Waals surface area contributed by atoms with E-state index in [0.717, 1.165) is 21.6 Å². The number of hydrogen-bond donors (Lipinski definition) is 29. The second kappa shape index (κ2) is 52.3. The van der Waals surface area contributed by atoms with Crippen LogP contribution in [0.5, 0.6) is 0 Å². The molecule has 3 rings (SSSR count). The number of carbonyl (C=O) groups is 14. The van der Waals surface area contributed by atoms with Gasteiger partial charge < -0.3 is 145 Å². The maximum absolute atomic E-state index is 14.8. The van der Waals surface area contributed by atoms with Crippen LogP contribution in [-0.2, 0) is 68.9 Å². The van der Waals surface area contributed by atoms with Crippen LogP contribution in [0.2, 0.25) is 0 Å². The molecule has 0 bridgehead atoms. The molecule has 2 aromatic heterocycles. The Bertz CT molecular complexity index is 3910. The highest BCUT2D eigenvalue weighted by Crippen LogP contribution is 2.24. The number of aromatic amines is 1. The highest BCUT2D eigenvalue weighted by Gasteiger charge is 2.38. The molecule has 19 atom stereocenters. The molecule has 1 aromatic carbocycles. The zero-order chi connectivity index (χ0) is 88.8. The zero-order valence-corrected chi connectivity index (χ0v) is 65.1. The molecule has 0 aliphatic rings. The number of nitrogens with two attached hydrogens (primary N) is 1. The fourth-order valence-corrected chi connectivity index (χ4v) is 12.5. The topological polar surface area (TPSA) is 817 Å². The van der Waals surface area contributed by atoms with Crippen LogP contribution in [0.4, 0.5) is 11.6 Å². The van der Waals surface area contributed by atoms with Crippen molar-refractivity contribution in [2.24, 2.45) is 17.8 Å². The summed E-state index contributed by atoms with van der Waals surface area (Å²) in [6.45, 7) is -5.81. The Labute approximate surface area is 678 Å². The number of anilines is 2. The van der Waals surface area contributed by atoms with Gasteiger partial charge in [0.1, 0.15) is 72.8 Å². The molecule has 0 saturated heterocycles. The second-order valence-corrected chi connectivity index (χ2v) is 29.9. The van der Waals surface area contributed by atoms with E-state index in [1.807, 2.05) is 0 Å². The number of nitrogens with zero attached hydrogens (tertiary/aromatic N) is 3. The first-order valence-electron chi connectivity index (χ1n) is 36.5. The molecule has 0 unspecified atom stereocenters. The van der Waals surface area contributed by atoms with Gasteiger partial charge in [-0.2, -0.15) is 4.98 Å². The lowest BCUT2D eigenvalue weighted by atomic mass is 9.89. The van der Waals surface area contributed by atoms with E-state index in [-0.39, 0.29) is 35.0 Å². The van der Waals surface area contributed by atoms with Gasteiger partial charge in [0.05, 0.1) is 68.7 Å². The SMILES string of the molecule is CSSC[C@@H](NC(=O)[C@@H](CCC(=O)NC[C@H](O)[C@@H](O)[C@H](O)[C@H](O)CO)CC(=O)[C@@H](CCC(=O)O)NC(=O)[C@@H](CCC(=O)NC[C@H](O)[C@@H](O)[C@H](O)[C@H](O)CO)CC(=O)[C@@H](CCC(=O)O)NC(=O)[C@@H](CCC(=O)NC[C@H](O)[C@@H](O)[C@H](O)[C@H](O)CO)CC(=O)CC[C@@H](NC(=O)c1ccc(NCc2cnc3nc(N)[nH]c(=O)c3n2)cc1)C(=O)O)C(=O)O. The molecule has 0 spiro atoms. The molecule has 0 aliphatic carbocycles. The van der Waals surface area contributed by atoms with Crippen LogP contribution in [0, 0.1) is 17.8 Å². The average Bonchev–Trinajstić information content (AvgIpc) is 0.809. The number of H-pyrrole nitrogens is 1. The summed E-state index contributed by atoms with van der Waals surface area (Å²) in [5.41, 5.74) is 5.44. The third-order valence-corrected chi connectivity index (χ3v) is 20.1. The van der Waals surface area contributed by atoms with E-state index < -0.39 is 339 Å². The summed E-state index contributed by atoms with van der Waals surface area (Å²) in [6, 6.07) is -2.06. The van der Waals surface area contributed by atoms with Crippen molar-refractivity contribution in [1.29, 1.82) is 0 Å². The Morgan fingerprint density at radius 1 is 0.466 bits per heavy atom. The summed E-state index contributed by atoms with van der Waals surface area (Å²) < 4.78 is 0. The molecular formula is C69H103N13O34S2. The van der Waals surface area contributed by atoms with Gasteiger partial charge in [0, 0.05) is 112 Å². The number of nitrogen functional groups attached to an aromatic ring is 1. The highest BCUT2D eigenvalue weighted by molar-refractivity contribution is 8.76. The lowest BCUT2D eigenvalue weighted by molar-refractivity contribution is -0.142. The number of carboxylic acid groups (broad SMARTS) is 4. The monoisotopic (exact) mass is 1720 g/mol. The lowest BCUT2D eigenvalue weighted by Crippen LogP contribution is -2.50. The van der Waals surface area contributed by atoms with Gasteiger partial charge in [0.2, 0.25) is 41.4 Å². The van der Waals surface area contributed by atoms with Crippen LogP contribution in [0.25, 0.3) is 11.2 Å². The Kier molecular flexibility index (Phi) is 45.4. The highest BCUT2D eigenvalue weighted by atomic mass is 33.1. The number of rotatable bonds is 60. The van der Waals surface area contributed by atoms with E-state index in [1.165, 1.54) is 30.5 Å². The van der Waals surface area contributed by atoms with Gasteiger partial charge in [0.15, 0.2) is 22.7 Å². The van der Waals surface area contributed by atoms with Crippen molar-refractivity contribution in [1.82, 2.24) is 57.2 Å². The van der Waals surface area contributed by atoms with Gasteiger partial charge >= 0.3 is 23.9 Å². The summed E-state index contributed by atoms with van der Waals surface area (Å²) in [7, 11) is 2.07. The quantitative estimate of drug-likeness (QED) is 0.0233. The molecule has 3 aromatic rings. The molecule has 0 radical (unpaired) electrons. The number of fused-ring (bicyclic) bond motifs is 1. The van der Waals surface area contributed by atoms with E-state index in [4.69, 9.17) is 10.8 Å². The molecule has 49 heteroatoms. The van der Waals surface area contributed by atoms with Gasteiger partial charge in [0.25, 0.3) is 11.5 Å². The number of aliphatic carboxylic acids is 4. The predicted molar refractivity (Wildman–Crippen MR) is 407 cm³/mol. The van der Waals surface area contributed by atoms with E-state index in [9.17, 15) is 164 Å². The van der Waals surface area contributed by atoms with E-state index >= 15 is 0 Å².